The second-order valence-corrected chi connectivity index (χ2v) is 11.0. The van der Waals surface area contributed by atoms with Crippen molar-refractivity contribution in [3.8, 4) is 34.5 Å². The largest absolute Gasteiger partial charge is 0.504 e. The smallest absolute Gasteiger partial charge is 0.255 e. The van der Waals surface area contributed by atoms with Crippen molar-refractivity contribution in [2.24, 2.45) is 0 Å². The zero-order chi connectivity index (χ0) is 35.1. The van der Waals surface area contributed by atoms with Crippen LogP contribution in [-0.4, -0.2) is 48.4 Å². The molecule has 0 fully saturated rings. The number of carbonyl (C=O) groups is 3. The fourth-order valence-corrected chi connectivity index (χ4v) is 5.95. The summed E-state index contributed by atoms with van der Waals surface area (Å²) in [7, 11) is 0. The number of benzene rings is 4. The van der Waals surface area contributed by atoms with E-state index >= 15 is 0 Å². The van der Waals surface area contributed by atoms with Gasteiger partial charge in [0, 0.05) is 19.6 Å². The summed E-state index contributed by atoms with van der Waals surface area (Å²) in [5.41, 5.74) is 4.37. The molecular weight excluding hydrogens is 618 g/mol. The summed E-state index contributed by atoms with van der Waals surface area (Å²) in [5, 5.41) is 69.0. The molecule has 0 saturated heterocycles. The minimum Gasteiger partial charge on any atom is -0.504 e. The van der Waals surface area contributed by atoms with E-state index in [-0.39, 0.29) is 36.3 Å². The number of para-hydroxylation sites is 3. The minimum absolute atomic E-state index is 0.00680. The third kappa shape index (κ3) is 7.07. The number of hydrogen-bond acceptors (Lipinski definition) is 9. The Hall–Kier alpha value is -5.91. The highest BCUT2D eigenvalue weighted by molar-refractivity contribution is 5.99. The summed E-state index contributed by atoms with van der Waals surface area (Å²) in [6, 6.07) is 12.2. The Morgan fingerprint density at radius 3 is 0.917 bits per heavy atom. The first-order valence-electron chi connectivity index (χ1n) is 15.5. The summed E-state index contributed by atoms with van der Waals surface area (Å²) < 4.78 is 0. The molecule has 4 rings (SSSR count). The molecule has 48 heavy (non-hydrogen) atoms. The molecule has 3 amide bonds. The number of phenolic OH excluding ortho intramolecular Hbond substituents is 6. The molecule has 0 atom stereocenters. The maximum atomic E-state index is 13.2. The quantitative estimate of drug-likeness (QED) is 0.0988. The number of nitrogens with one attached hydrogen (secondary N) is 3. The molecule has 0 unspecified atom stereocenters. The molecule has 4 aromatic carbocycles. The zero-order valence-corrected chi connectivity index (χ0v) is 26.8. The van der Waals surface area contributed by atoms with Crippen molar-refractivity contribution in [3.05, 3.63) is 105 Å². The van der Waals surface area contributed by atoms with E-state index in [0.717, 1.165) is 33.4 Å². The van der Waals surface area contributed by atoms with Gasteiger partial charge in [0.15, 0.2) is 34.5 Å². The summed E-state index contributed by atoms with van der Waals surface area (Å²) in [5.74, 6) is -4.87. The van der Waals surface area contributed by atoms with Gasteiger partial charge in [0.05, 0.1) is 16.7 Å². The molecule has 0 spiro atoms. The monoisotopic (exact) mass is 657 g/mol. The first kappa shape index (κ1) is 35.0. The van der Waals surface area contributed by atoms with Crippen LogP contribution in [0.1, 0.15) is 85.2 Å². The maximum Gasteiger partial charge on any atom is 0.255 e. The van der Waals surface area contributed by atoms with Crippen LogP contribution in [0.5, 0.6) is 34.5 Å². The number of hydrogen-bond donors (Lipinski definition) is 9. The normalized spacial score (nSPS) is 10.8. The van der Waals surface area contributed by atoms with Gasteiger partial charge in [-0.25, -0.2) is 0 Å². The van der Waals surface area contributed by atoms with Crippen LogP contribution in [0.3, 0.4) is 0 Å². The van der Waals surface area contributed by atoms with E-state index in [9.17, 15) is 45.0 Å². The van der Waals surface area contributed by atoms with Crippen LogP contribution < -0.4 is 16.0 Å². The lowest BCUT2D eigenvalue weighted by molar-refractivity contribution is 0.0940. The van der Waals surface area contributed by atoms with Crippen LogP contribution in [-0.2, 0) is 38.9 Å². The molecule has 0 radical (unpaired) electrons. The Kier molecular flexibility index (Phi) is 11.0. The van der Waals surface area contributed by atoms with Crippen LogP contribution in [0.15, 0.2) is 54.6 Å². The maximum absolute atomic E-state index is 13.2. The van der Waals surface area contributed by atoms with E-state index in [2.05, 4.69) is 16.0 Å². The predicted octanol–water partition coefficient (Wildman–Crippen LogP) is 4.40. The number of aromatic hydroxyl groups is 6. The van der Waals surface area contributed by atoms with Crippen molar-refractivity contribution in [3.63, 3.8) is 0 Å². The van der Waals surface area contributed by atoms with Crippen molar-refractivity contribution >= 4 is 17.7 Å². The van der Waals surface area contributed by atoms with Gasteiger partial charge in [0.1, 0.15) is 0 Å². The number of carbonyl (C=O) groups excluding carboxylic acids is 3. The van der Waals surface area contributed by atoms with Gasteiger partial charge in [-0.05, 0) is 89.0 Å². The van der Waals surface area contributed by atoms with E-state index in [1.165, 1.54) is 54.6 Å². The van der Waals surface area contributed by atoms with Crippen LogP contribution in [0.25, 0.3) is 0 Å². The molecule has 12 heteroatoms. The molecule has 4 aromatic rings. The van der Waals surface area contributed by atoms with E-state index in [4.69, 9.17) is 0 Å². The van der Waals surface area contributed by atoms with Crippen molar-refractivity contribution in [2.45, 2.75) is 59.7 Å². The number of rotatable bonds is 12. The third-order valence-corrected chi connectivity index (χ3v) is 8.30. The summed E-state index contributed by atoms with van der Waals surface area (Å²) >= 11 is 0. The average Bonchev–Trinajstić information content (AvgIpc) is 3.07. The molecule has 252 valence electrons. The fourth-order valence-electron chi connectivity index (χ4n) is 5.95. The highest BCUT2D eigenvalue weighted by atomic mass is 16.3. The molecule has 0 aliphatic rings. The predicted molar refractivity (Wildman–Crippen MR) is 177 cm³/mol. The second kappa shape index (κ2) is 15.1. The van der Waals surface area contributed by atoms with Crippen molar-refractivity contribution in [1.82, 2.24) is 16.0 Å². The lowest BCUT2D eigenvalue weighted by atomic mass is 9.83. The van der Waals surface area contributed by atoms with Gasteiger partial charge in [0.25, 0.3) is 17.7 Å². The summed E-state index contributed by atoms with van der Waals surface area (Å²) in [4.78, 5) is 39.5. The van der Waals surface area contributed by atoms with E-state index in [1.54, 1.807) is 0 Å². The Labute approximate surface area is 277 Å². The van der Waals surface area contributed by atoms with Gasteiger partial charge in [-0.3, -0.25) is 14.4 Å². The molecule has 9 N–H and O–H groups in total. The van der Waals surface area contributed by atoms with Gasteiger partial charge in [-0.15, -0.1) is 0 Å². The summed E-state index contributed by atoms with van der Waals surface area (Å²) in [6.45, 7) is 5.81. The molecule has 0 bridgehead atoms. The van der Waals surface area contributed by atoms with Crippen molar-refractivity contribution in [1.29, 1.82) is 0 Å². The second-order valence-electron chi connectivity index (χ2n) is 11.0. The average molecular weight is 658 g/mol. The third-order valence-electron chi connectivity index (χ3n) is 8.30. The molecular formula is C36H39N3O9. The van der Waals surface area contributed by atoms with Gasteiger partial charge in [0.2, 0.25) is 0 Å². The van der Waals surface area contributed by atoms with Gasteiger partial charge >= 0.3 is 0 Å². The van der Waals surface area contributed by atoms with Crippen molar-refractivity contribution < 1.29 is 45.0 Å². The zero-order valence-electron chi connectivity index (χ0n) is 26.8. The topological polar surface area (TPSA) is 209 Å². The minimum atomic E-state index is -0.629. The Balaban J connectivity index is 1.79. The standard InChI is InChI=1S/C36H39N3O9/c1-4-19-25(16-37-34(46)22-10-7-13-28(40)31(22)43)20(5-2)27(18-39-36(48)24-12-9-15-30(42)33(24)45)21(6-3)26(19)17-38-35(47)23-11-8-14-29(41)32(23)44/h7-15,40-45H,4-6,16-18H2,1-3H3,(H,37,46)(H,38,47)(H,39,48). The van der Waals surface area contributed by atoms with Crippen LogP contribution >= 0.6 is 0 Å². The Morgan fingerprint density at radius 2 is 0.688 bits per heavy atom. The lowest BCUT2D eigenvalue weighted by Gasteiger charge is -2.27. The Bertz CT molecular complexity index is 1640. The van der Waals surface area contributed by atoms with E-state index in [1.807, 2.05) is 20.8 Å². The van der Waals surface area contributed by atoms with Gasteiger partial charge in [-0.1, -0.05) is 39.0 Å². The van der Waals surface area contributed by atoms with Gasteiger partial charge < -0.3 is 46.6 Å². The van der Waals surface area contributed by atoms with Crippen molar-refractivity contribution in [2.75, 3.05) is 0 Å². The highest BCUT2D eigenvalue weighted by Gasteiger charge is 2.25. The molecule has 0 saturated carbocycles. The first-order chi connectivity index (χ1) is 22.9. The molecule has 0 aliphatic carbocycles. The van der Waals surface area contributed by atoms with E-state index < -0.39 is 52.2 Å². The fraction of sp³-hybridized carbons (Fsp3) is 0.250. The molecule has 0 heterocycles. The van der Waals surface area contributed by atoms with Crippen LogP contribution in [0.2, 0.25) is 0 Å². The Morgan fingerprint density at radius 1 is 0.438 bits per heavy atom. The number of phenols is 6. The van der Waals surface area contributed by atoms with Crippen LogP contribution in [0, 0.1) is 0 Å². The molecule has 0 aliphatic heterocycles. The first-order valence-corrected chi connectivity index (χ1v) is 15.5. The van der Waals surface area contributed by atoms with E-state index in [0.29, 0.717) is 19.3 Å². The van der Waals surface area contributed by atoms with Gasteiger partial charge in [-0.2, -0.15) is 0 Å². The SMILES string of the molecule is CCc1c(CNC(=O)c2cccc(O)c2O)c(CC)c(CNC(=O)c2cccc(O)c2O)c(CC)c1CNC(=O)c1cccc(O)c1O. The lowest BCUT2D eigenvalue weighted by Crippen LogP contribution is -2.30. The molecule has 12 nitrogen and oxygen atoms in total. The highest BCUT2D eigenvalue weighted by Crippen LogP contribution is 2.34. The molecule has 0 aromatic heterocycles. The summed E-state index contributed by atoms with van der Waals surface area (Å²) in [6.07, 6.45) is 1.49. The number of amides is 3. The van der Waals surface area contributed by atoms with Crippen LogP contribution in [0.4, 0.5) is 0 Å².